The SMILES string of the molecule is CC1CCCCC(NC(=O)[C@@H]2CC3c4cccc5c4c(cn5C(C)C)C[C@H]3N(C)C2)CC1.O=C(O)CCCCCCC(=O)O. The summed E-state index contributed by atoms with van der Waals surface area (Å²) in [6.07, 6.45) is 15.2. The zero-order chi connectivity index (χ0) is 31.8. The van der Waals surface area contributed by atoms with Gasteiger partial charge in [0.1, 0.15) is 0 Å². The Morgan fingerprint density at radius 3 is 2.30 bits per heavy atom. The van der Waals surface area contributed by atoms with Crippen molar-refractivity contribution in [3.63, 3.8) is 0 Å². The minimum absolute atomic E-state index is 0.0908. The largest absolute Gasteiger partial charge is 0.481 e. The molecule has 5 rings (SSSR count). The Balaban J connectivity index is 0.000000314. The molecule has 44 heavy (non-hydrogen) atoms. The van der Waals surface area contributed by atoms with Crippen molar-refractivity contribution >= 4 is 28.7 Å². The molecule has 8 nitrogen and oxygen atoms in total. The van der Waals surface area contributed by atoms with Gasteiger partial charge in [0, 0.05) is 60.5 Å². The highest BCUT2D eigenvalue weighted by Crippen LogP contribution is 2.45. The number of hydrogen-bond donors (Lipinski definition) is 3. The maximum absolute atomic E-state index is 13.4. The lowest BCUT2D eigenvalue weighted by atomic mass is 9.72. The molecule has 0 bridgehead atoms. The van der Waals surface area contributed by atoms with Crippen molar-refractivity contribution in [1.29, 1.82) is 0 Å². The number of carbonyl (C=O) groups is 3. The molecule has 1 saturated heterocycles. The van der Waals surface area contributed by atoms with Gasteiger partial charge in [0.2, 0.25) is 5.91 Å². The maximum Gasteiger partial charge on any atom is 0.303 e. The molecular formula is C36H55N3O5. The molecule has 2 aromatic rings. The van der Waals surface area contributed by atoms with Crippen molar-refractivity contribution < 1.29 is 24.6 Å². The fraction of sp³-hybridized carbons (Fsp3) is 0.694. The van der Waals surface area contributed by atoms with Crippen LogP contribution in [0.5, 0.6) is 0 Å². The Bertz CT molecular complexity index is 1250. The molecule has 2 fully saturated rings. The van der Waals surface area contributed by atoms with Crippen LogP contribution in [0, 0.1) is 11.8 Å². The van der Waals surface area contributed by atoms with E-state index in [9.17, 15) is 14.4 Å². The number of carboxylic acid groups (broad SMARTS) is 2. The predicted octanol–water partition coefficient (Wildman–Crippen LogP) is 7.15. The van der Waals surface area contributed by atoms with E-state index in [2.05, 4.69) is 67.0 Å². The van der Waals surface area contributed by atoms with E-state index in [4.69, 9.17) is 10.2 Å². The lowest BCUT2D eigenvalue weighted by molar-refractivity contribution is -0.138. The summed E-state index contributed by atoms with van der Waals surface area (Å²) in [5.74, 6) is 0.0632. The lowest BCUT2D eigenvalue weighted by Crippen LogP contribution is -2.52. The van der Waals surface area contributed by atoms with Crippen LogP contribution in [0.2, 0.25) is 0 Å². The molecule has 244 valence electrons. The first-order valence-electron chi connectivity index (χ1n) is 17.1. The van der Waals surface area contributed by atoms with Crippen LogP contribution < -0.4 is 5.32 Å². The summed E-state index contributed by atoms with van der Waals surface area (Å²) in [5.41, 5.74) is 4.32. The number of piperidine rings is 1. The molecule has 1 amide bonds. The van der Waals surface area contributed by atoms with Gasteiger partial charge in [0.25, 0.3) is 0 Å². The topological polar surface area (TPSA) is 112 Å². The van der Waals surface area contributed by atoms with E-state index in [0.29, 0.717) is 42.8 Å². The zero-order valence-electron chi connectivity index (χ0n) is 27.4. The zero-order valence-corrected chi connectivity index (χ0v) is 27.4. The van der Waals surface area contributed by atoms with Crippen molar-refractivity contribution in [3.05, 3.63) is 35.5 Å². The number of rotatable bonds is 10. The Morgan fingerprint density at radius 1 is 0.955 bits per heavy atom. The number of carboxylic acids is 2. The van der Waals surface area contributed by atoms with Crippen LogP contribution in [0.3, 0.4) is 0 Å². The van der Waals surface area contributed by atoms with Crippen molar-refractivity contribution in [1.82, 2.24) is 14.8 Å². The predicted molar refractivity (Wildman–Crippen MR) is 175 cm³/mol. The van der Waals surface area contributed by atoms with Gasteiger partial charge in [-0.3, -0.25) is 14.4 Å². The highest BCUT2D eigenvalue weighted by Gasteiger charge is 2.42. The number of likely N-dealkylation sites (N-methyl/N-ethyl adjacent to an activating group) is 1. The second-order valence-corrected chi connectivity index (χ2v) is 14.0. The van der Waals surface area contributed by atoms with Crippen LogP contribution in [0.4, 0.5) is 0 Å². The van der Waals surface area contributed by atoms with Gasteiger partial charge in [0.15, 0.2) is 0 Å². The fourth-order valence-electron chi connectivity index (χ4n) is 7.72. The molecule has 5 atom stereocenters. The number of likely N-dealkylation sites (tertiary alicyclic amines) is 1. The molecule has 2 aliphatic carbocycles. The van der Waals surface area contributed by atoms with E-state index in [-0.39, 0.29) is 18.8 Å². The molecule has 1 aromatic heterocycles. The fourth-order valence-corrected chi connectivity index (χ4v) is 7.72. The van der Waals surface area contributed by atoms with Crippen LogP contribution in [0.1, 0.15) is 127 Å². The first kappa shape index (κ1) is 34.0. The second-order valence-electron chi connectivity index (χ2n) is 14.0. The van der Waals surface area contributed by atoms with Crippen molar-refractivity contribution in [2.45, 2.75) is 135 Å². The highest BCUT2D eigenvalue weighted by molar-refractivity contribution is 5.89. The molecular weight excluding hydrogens is 554 g/mol. The molecule has 3 unspecified atom stereocenters. The van der Waals surface area contributed by atoms with Gasteiger partial charge in [-0.2, -0.15) is 0 Å². The van der Waals surface area contributed by atoms with Gasteiger partial charge in [-0.05, 0) is 89.0 Å². The molecule has 1 saturated carbocycles. The van der Waals surface area contributed by atoms with Crippen LogP contribution in [-0.4, -0.2) is 63.2 Å². The van der Waals surface area contributed by atoms with Crippen LogP contribution in [-0.2, 0) is 20.8 Å². The molecule has 0 radical (unpaired) electrons. The Kier molecular flexibility index (Phi) is 12.3. The third-order valence-corrected chi connectivity index (χ3v) is 10.2. The van der Waals surface area contributed by atoms with Crippen LogP contribution in [0.15, 0.2) is 24.4 Å². The number of nitrogens with zero attached hydrogens (tertiary/aromatic N) is 2. The molecule has 3 N–H and O–H groups in total. The van der Waals surface area contributed by atoms with Gasteiger partial charge < -0.3 is 25.0 Å². The van der Waals surface area contributed by atoms with Crippen molar-refractivity contribution in [2.75, 3.05) is 13.6 Å². The summed E-state index contributed by atoms with van der Waals surface area (Å²) >= 11 is 0. The summed E-state index contributed by atoms with van der Waals surface area (Å²) < 4.78 is 2.44. The van der Waals surface area contributed by atoms with E-state index >= 15 is 0 Å². The standard InChI is InChI=1S/C28H41N3O.C8H14O4/c1-18(2)31-17-20-15-26-24(23-10-7-11-25(31)27(20)23)14-21(16-30(26)4)28(32)29-22-9-6-5-8-19(3)12-13-22;9-7(10)5-3-1-2-4-6-8(11)12/h7,10-11,17-19,21-22,24,26H,5-6,8-9,12-16H2,1-4H3,(H,29,32);1-6H2,(H,9,10)(H,11,12)/t19?,21-,22?,24?,26-;/m1./s1. The quantitative estimate of drug-likeness (QED) is 0.247. The smallest absolute Gasteiger partial charge is 0.303 e. The molecule has 2 heterocycles. The Labute approximate surface area is 263 Å². The summed E-state index contributed by atoms with van der Waals surface area (Å²) in [4.78, 5) is 36.0. The number of aliphatic carboxylic acids is 2. The molecule has 3 aliphatic rings. The molecule has 1 aliphatic heterocycles. The number of nitrogens with one attached hydrogen (secondary N) is 1. The number of benzene rings is 1. The minimum Gasteiger partial charge on any atom is -0.481 e. The summed E-state index contributed by atoms with van der Waals surface area (Å²) in [6, 6.07) is 8.16. The van der Waals surface area contributed by atoms with Gasteiger partial charge in [-0.15, -0.1) is 0 Å². The highest BCUT2D eigenvalue weighted by atomic mass is 16.4. The average Bonchev–Trinajstić information content (AvgIpc) is 3.35. The number of fused-ring (bicyclic) bond motifs is 2. The number of hydrogen-bond acceptors (Lipinski definition) is 4. The van der Waals surface area contributed by atoms with E-state index in [1.807, 2.05) is 0 Å². The van der Waals surface area contributed by atoms with Crippen molar-refractivity contribution in [2.24, 2.45) is 11.8 Å². The number of unbranched alkanes of at least 4 members (excludes halogenated alkanes) is 3. The molecule has 1 aromatic carbocycles. The van der Waals surface area contributed by atoms with E-state index in [1.165, 1.54) is 47.7 Å². The van der Waals surface area contributed by atoms with E-state index in [1.54, 1.807) is 0 Å². The first-order chi connectivity index (χ1) is 21.0. The maximum atomic E-state index is 13.4. The number of amides is 1. The minimum atomic E-state index is -0.784. The van der Waals surface area contributed by atoms with E-state index in [0.717, 1.165) is 51.0 Å². The number of carbonyl (C=O) groups excluding carboxylic acids is 1. The first-order valence-corrected chi connectivity index (χ1v) is 17.1. The van der Waals surface area contributed by atoms with Crippen molar-refractivity contribution in [3.8, 4) is 0 Å². The summed E-state index contributed by atoms with van der Waals surface area (Å²) in [7, 11) is 2.24. The molecule has 8 heteroatoms. The normalized spacial score (nSPS) is 25.3. The third-order valence-electron chi connectivity index (χ3n) is 10.2. The van der Waals surface area contributed by atoms with Gasteiger partial charge in [-0.1, -0.05) is 51.2 Å². The summed E-state index contributed by atoms with van der Waals surface area (Å²) in [6.45, 7) is 7.78. The van der Waals surface area contributed by atoms with Gasteiger partial charge >= 0.3 is 11.9 Å². The second kappa shape index (κ2) is 15.9. The van der Waals surface area contributed by atoms with Gasteiger partial charge in [0.05, 0.1) is 5.92 Å². The van der Waals surface area contributed by atoms with Gasteiger partial charge in [-0.25, -0.2) is 0 Å². The monoisotopic (exact) mass is 609 g/mol. The average molecular weight is 610 g/mol. The Hall–Kier alpha value is -2.87. The summed E-state index contributed by atoms with van der Waals surface area (Å²) in [5, 5.41) is 21.5. The number of aromatic nitrogens is 1. The van der Waals surface area contributed by atoms with E-state index < -0.39 is 11.9 Å². The van der Waals surface area contributed by atoms with Crippen LogP contribution in [0.25, 0.3) is 10.9 Å². The third kappa shape index (κ3) is 8.86. The Morgan fingerprint density at radius 2 is 1.64 bits per heavy atom. The lowest BCUT2D eigenvalue weighted by Gasteiger charge is -2.45. The molecule has 0 spiro atoms. The van der Waals surface area contributed by atoms with Crippen LogP contribution >= 0.6 is 0 Å².